The van der Waals surface area contributed by atoms with Gasteiger partial charge < -0.3 is 10.5 Å². The number of benzene rings is 1. The van der Waals surface area contributed by atoms with E-state index in [4.69, 9.17) is 10.5 Å². The van der Waals surface area contributed by atoms with Gasteiger partial charge in [-0.15, -0.1) is 0 Å². The van der Waals surface area contributed by atoms with Crippen molar-refractivity contribution in [3.8, 4) is 0 Å². The predicted molar refractivity (Wildman–Crippen MR) is 75.9 cm³/mol. The quantitative estimate of drug-likeness (QED) is 0.670. The molecule has 4 nitrogen and oxygen atoms in total. The molecular formula is C15H22N2O2. The largest absolute Gasteiger partial charge is 0.465 e. The normalized spacial score (nSPS) is 17.4. The Balaban J connectivity index is 2.16. The first-order valence-corrected chi connectivity index (χ1v) is 6.80. The second kappa shape index (κ2) is 6.06. The van der Waals surface area contributed by atoms with Crippen LogP contribution in [0.15, 0.2) is 18.2 Å². The lowest BCUT2D eigenvalue weighted by Gasteiger charge is -2.30. The first kappa shape index (κ1) is 13.9. The van der Waals surface area contributed by atoms with E-state index in [9.17, 15) is 4.79 Å². The van der Waals surface area contributed by atoms with Crippen LogP contribution in [0.25, 0.3) is 0 Å². The molecule has 2 rings (SSSR count). The molecule has 0 spiro atoms. The molecule has 0 aromatic heterocycles. The summed E-state index contributed by atoms with van der Waals surface area (Å²) in [5.41, 5.74) is 7.88. The predicted octanol–water partition coefficient (Wildman–Crippen LogP) is 2.29. The zero-order valence-electron chi connectivity index (χ0n) is 11.7. The Labute approximate surface area is 114 Å². The summed E-state index contributed by atoms with van der Waals surface area (Å²) in [6.45, 7) is 5.22. The van der Waals surface area contributed by atoms with Crippen LogP contribution in [-0.2, 0) is 11.3 Å². The average Bonchev–Trinajstić information content (AvgIpc) is 2.41. The summed E-state index contributed by atoms with van der Waals surface area (Å²) in [5, 5.41) is 0. The molecule has 1 aromatic carbocycles. The van der Waals surface area contributed by atoms with Crippen molar-refractivity contribution >= 4 is 11.7 Å². The van der Waals surface area contributed by atoms with Gasteiger partial charge in [0.05, 0.1) is 12.7 Å². The number of nitrogen functional groups attached to an aromatic ring is 1. The molecule has 104 valence electrons. The van der Waals surface area contributed by atoms with Crippen molar-refractivity contribution in [2.24, 2.45) is 5.92 Å². The third-order valence-electron chi connectivity index (χ3n) is 3.84. The van der Waals surface area contributed by atoms with E-state index in [1.807, 2.05) is 12.1 Å². The third-order valence-corrected chi connectivity index (χ3v) is 3.84. The summed E-state index contributed by atoms with van der Waals surface area (Å²) < 4.78 is 4.83. The molecule has 2 N–H and O–H groups in total. The Morgan fingerprint density at radius 1 is 1.42 bits per heavy atom. The van der Waals surface area contributed by atoms with Gasteiger partial charge in [0.25, 0.3) is 0 Å². The zero-order valence-corrected chi connectivity index (χ0v) is 11.7. The van der Waals surface area contributed by atoms with Crippen LogP contribution in [0.2, 0.25) is 0 Å². The molecule has 0 aliphatic carbocycles. The number of nitrogens with zero attached hydrogens (tertiary/aromatic N) is 1. The summed E-state index contributed by atoms with van der Waals surface area (Å²) in [6, 6.07) is 5.60. The van der Waals surface area contributed by atoms with Gasteiger partial charge in [0.15, 0.2) is 0 Å². The summed E-state index contributed by atoms with van der Waals surface area (Å²) >= 11 is 0. The molecule has 0 atom stereocenters. The smallest absolute Gasteiger partial charge is 0.340 e. The highest BCUT2D eigenvalue weighted by Gasteiger charge is 2.20. The number of nitrogens with two attached hydrogens (primary N) is 1. The van der Waals surface area contributed by atoms with E-state index in [-0.39, 0.29) is 5.97 Å². The van der Waals surface area contributed by atoms with Crippen LogP contribution < -0.4 is 5.73 Å². The van der Waals surface area contributed by atoms with Crippen molar-refractivity contribution in [2.45, 2.75) is 26.3 Å². The number of ether oxygens (including phenoxy) is 1. The van der Waals surface area contributed by atoms with E-state index in [0.717, 1.165) is 31.1 Å². The number of hydrogen-bond donors (Lipinski definition) is 1. The van der Waals surface area contributed by atoms with Gasteiger partial charge in [0.1, 0.15) is 0 Å². The van der Waals surface area contributed by atoms with E-state index in [1.165, 1.54) is 20.0 Å². The molecule has 0 bridgehead atoms. The lowest BCUT2D eigenvalue weighted by atomic mass is 9.98. The number of methoxy groups -OCH3 is 1. The highest BCUT2D eigenvalue weighted by molar-refractivity contribution is 5.96. The summed E-state index contributed by atoms with van der Waals surface area (Å²) in [7, 11) is 1.39. The van der Waals surface area contributed by atoms with E-state index in [0.29, 0.717) is 11.3 Å². The van der Waals surface area contributed by atoms with Crippen molar-refractivity contribution in [2.75, 3.05) is 25.9 Å². The van der Waals surface area contributed by atoms with Crippen molar-refractivity contribution in [3.63, 3.8) is 0 Å². The Bertz CT molecular complexity index is 451. The molecule has 0 unspecified atom stereocenters. The second-order valence-electron chi connectivity index (χ2n) is 5.33. The highest BCUT2D eigenvalue weighted by atomic mass is 16.5. The van der Waals surface area contributed by atoms with Gasteiger partial charge in [-0.05, 0) is 43.5 Å². The fraction of sp³-hybridized carbons (Fsp3) is 0.533. The second-order valence-corrected chi connectivity index (χ2v) is 5.33. The molecule has 1 fully saturated rings. The lowest BCUT2D eigenvalue weighted by molar-refractivity contribution is 0.0599. The molecule has 1 aromatic rings. The number of carbonyl (C=O) groups excluding carboxylic acids is 1. The molecule has 0 amide bonds. The Hall–Kier alpha value is -1.55. The summed E-state index contributed by atoms with van der Waals surface area (Å²) in [6.07, 6.45) is 2.44. The molecule has 19 heavy (non-hydrogen) atoms. The van der Waals surface area contributed by atoms with Gasteiger partial charge in [0.2, 0.25) is 0 Å². The van der Waals surface area contributed by atoms with E-state index in [1.54, 1.807) is 6.07 Å². The first-order chi connectivity index (χ1) is 9.11. The Morgan fingerprint density at radius 3 is 2.74 bits per heavy atom. The first-order valence-electron chi connectivity index (χ1n) is 6.80. The van der Waals surface area contributed by atoms with Crippen LogP contribution in [0.4, 0.5) is 5.69 Å². The summed E-state index contributed by atoms with van der Waals surface area (Å²) in [4.78, 5) is 14.2. The number of esters is 1. The van der Waals surface area contributed by atoms with Crippen LogP contribution in [0, 0.1) is 5.92 Å². The molecule has 1 saturated heterocycles. The fourth-order valence-electron chi connectivity index (χ4n) is 2.56. The topological polar surface area (TPSA) is 55.6 Å². The van der Waals surface area contributed by atoms with Gasteiger partial charge in [-0.2, -0.15) is 0 Å². The van der Waals surface area contributed by atoms with Gasteiger partial charge in [-0.3, -0.25) is 4.90 Å². The highest BCUT2D eigenvalue weighted by Crippen LogP contribution is 2.23. The van der Waals surface area contributed by atoms with E-state index >= 15 is 0 Å². The zero-order chi connectivity index (χ0) is 13.8. The van der Waals surface area contributed by atoms with Crippen LogP contribution in [0.1, 0.15) is 35.7 Å². The van der Waals surface area contributed by atoms with Crippen molar-refractivity contribution in [1.29, 1.82) is 0 Å². The number of hydrogen-bond acceptors (Lipinski definition) is 4. The van der Waals surface area contributed by atoms with Crippen LogP contribution in [0.5, 0.6) is 0 Å². The summed E-state index contributed by atoms with van der Waals surface area (Å²) in [5.74, 6) is 0.454. The van der Waals surface area contributed by atoms with E-state index in [2.05, 4.69) is 11.8 Å². The number of likely N-dealkylation sites (tertiary alicyclic amines) is 1. The SMILES string of the molecule is COC(=O)c1c(N)cccc1CN1CCC(C)CC1. The molecule has 1 aliphatic heterocycles. The van der Waals surface area contributed by atoms with Crippen LogP contribution in [-0.4, -0.2) is 31.1 Å². The maximum Gasteiger partial charge on any atom is 0.340 e. The number of rotatable bonds is 3. The minimum Gasteiger partial charge on any atom is -0.465 e. The molecular weight excluding hydrogens is 240 g/mol. The van der Waals surface area contributed by atoms with Crippen molar-refractivity contribution in [3.05, 3.63) is 29.3 Å². The Kier molecular flexibility index (Phi) is 4.43. The molecule has 1 heterocycles. The van der Waals surface area contributed by atoms with Gasteiger partial charge in [-0.1, -0.05) is 19.1 Å². The van der Waals surface area contributed by atoms with Gasteiger partial charge in [-0.25, -0.2) is 4.79 Å². The number of anilines is 1. The Morgan fingerprint density at radius 2 is 2.11 bits per heavy atom. The minimum atomic E-state index is -0.349. The lowest BCUT2D eigenvalue weighted by Crippen LogP contribution is -2.33. The number of piperidine rings is 1. The van der Waals surface area contributed by atoms with Crippen molar-refractivity contribution < 1.29 is 9.53 Å². The molecule has 0 saturated carbocycles. The third kappa shape index (κ3) is 3.26. The standard InChI is InChI=1S/C15H22N2O2/c1-11-6-8-17(9-7-11)10-12-4-3-5-13(16)14(12)15(18)19-2/h3-5,11H,6-10,16H2,1-2H3. The van der Waals surface area contributed by atoms with Crippen LogP contribution in [0.3, 0.4) is 0 Å². The van der Waals surface area contributed by atoms with Crippen molar-refractivity contribution in [1.82, 2.24) is 4.90 Å². The average molecular weight is 262 g/mol. The van der Waals surface area contributed by atoms with Gasteiger partial charge in [0, 0.05) is 12.2 Å². The maximum absolute atomic E-state index is 11.8. The minimum absolute atomic E-state index is 0.349. The van der Waals surface area contributed by atoms with Gasteiger partial charge >= 0.3 is 5.97 Å². The monoisotopic (exact) mass is 262 g/mol. The molecule has 0 radical (unpaired) electrons. The molecule has 4 heteroatoms. The van der Waals surface area contributed by atoms with Crippen LogP contribution >= 0.6 is 0 Å². The number of carbonyl (C=O) groups is 1. The fourth-order valence-corrected chi connectivity index (χ4v) is 2.56. The maximum atomic E-state index is 11.8. The van der Waals surface area contributed by atoms with E-state index < -0.39 is 0 Å². The molecule has 1 aliphatic rings.